The van der Waals surface area contributed by atoms with E-state index in [9.17, 15) is 9.59 Å². The molecule has 7 heteroatoms. The third kappa shape index (κ3) is 3.39. The molecule has 1 heterocycles. The molecule has 0 bridgehead atoms. The van der Waals surface area contributed by atoms with Gasteiger partial charge in [0.25, 0.3) is 5.91 Å². The summed E-state index contributed by atoms with van der Waals surface area (Å²) in [5.41, 5.74) is 4.79. The van der Waals surface area contributed by atoms with Crippen molar-refractivity contribution in [3.8, 4) is 5.75 Å². The number of carbonyl (C=O) groups is 2. The molecule has 3 N–H and O–H groups in total. The number of ether oxygens (including phenoxy) is 1. The van der Waals surface area contributed by atoms with Crippen LogP contribution in [0.15, 0.2) is 18.3 Å². The normalized spacial score (nSPS) is 11.6. The Morgan fingerprint density at radius 1 is 1.62 bits per heavy atom. The van der Waals surface area contributed by atoms with Gasteiger partial charge in [-0.2, -0.15) is 0 Å². The van der Waals surface area contributed by atoms with Crippen molar-refractivity contribution in [3.63, 3.8) is 0 Å². The van der Waals surface area contributed by atoms with Crippen molar-refractivity contribution in [1.82, 2.24) is 10.3 Å². The lowest BCUT2D eigenvalue weighted by atomic mass is 10.3. The summed E-state index contributed by atoms with van der Waals surface area (Å²) in [6, 6.07) is 2.24. The van der Waals surface area contributed by atoms with Crippen molar-refractivity contribution >= 4 is 23.5 Å². The van der Waals surface area contributed by atoms with Gasteiger partial charge < -0.3 is 10.5 Å². The molecule has 0 radical (unpaired) electrons. The Bertz CT molecular complexity index is 411. The van der Waals surface area contributed by atoms with Crippen LogP contribution in [0.4, 0.5) is 4.79 Å². The molecule has 0 saturated carbocycles. The summed E-state index contributed by atoms with van der Waals surface area (Å²) < 4.78 is 5.19. The fourth-order valence-corrected chi connectivity index (χ4v) is 1.09. The maximum Gasteiger partial charge on any atom is 0.318 e. The molecule has 1 aromatic rings. The largest absolute Gasteiger partial charge is 0.478 e. The number of nitrogens with zero attached hydrogens (tertiary/aromatic N) is 1. The first-order valence-corrected chi connectivity index (χ1v) is 4.76. The fraction of sp³-hybridized carbons (Fsp3) is 0.222. The van der Waals surface area contributed by atoms with Gasteiger partial charge in [0.1, 0.15) is 0 Å². The maximum absolute atomic E-state index is 11.3. The number of nitrogens with one attached hydrogen (secondary N) is 1. The van der Waals surface area contributed by atoms with Crippen molar-refractivity contribution < 1.29 is 14.3 Å². The molecule has 3 amide bonds. The third-order valence-electron chi connectivity index (χ3n) is 1.64. The summed E-state index contributed by atoms with van der Waals surface area (Å²) in [4.78, 5) is 25.5. The van der Waals surface area contributed by atoms with Gasteiger partial charge in [-0.25, -0.2) is 9.78 Å². The van der Waals surface area contributed by atoms with Crippen LogP contribution in [0.5, 0.6) is 5.75 Å². The number of nitrogens with two attached hydrogens (primary N) is 1. The number of aromatic nitrogens is 1. The van der Waals surface area contributed by atoms with Crippen molar-refractivity contribution in [1.29, 1.82) is 0 Å². The predicted molar refractivity (Wildman–Crippen MR) is 57.1 cm³/mol. The lowest BCUT2D eigenvalue weighted by Gasteiger charge is -2.13. The van der Waals surface area contributed by atoms with Crippen LogP contribution in [0, 0.1) is 0 Å². The fourth-order valence-electron chi connectivity index (χ4n) is 0.926. The molecule has 6 nitrogen and oxygen atoms in total. The summed E-state index contributed by atoms with van der Waals surface area (Å²) in [5.74, 6) is -0.385. The second kappa shape index (κ2) is 5.32. The summed E-state index contributed by atoms with van der Waals surface area (Å²) >= 11 is 5.72. The van der Waals surface area contributed by atoms with E-state index in [0.29, 0.717) is 0 Å². The summed E-state index contributed by atoms with van der Waals surface area (Å²) in [6.45, 7) is 1.46. The first-order chi connectivity index (χ1) is 7.50. The summed E-state index contributed by atoms with van der Waals surface area (Å²) in [6.07, 6.45) is 0.595. The second-order valence-electron chi connectivity index (χ2n) is 2.91. The van der Waals surface area contributed by atoms with Crippen molar-refractivity contribution in [3.05, 3.63) is 23.5 Å². The van der Waals surface area contributed by atoms with Crippen molar-refractivity contribution in [2.45, 2.75) is 13.0 Å². The smallest absolute Gasteiger partial charge is 0.318 e. The quantitative estimate of drug-likeness (QED) is 0.764. The monoisotopic (exact) mass is 243 g/mol. The number of rotatable bonds is 3. The zero-order valence-electron chi connectivity index (χ0n) is 8.44. The molecule has 86 valence electrons. The Morgan fingerprint density at radius 2 is 2.31 bits per heavy atom. The van der Waals surface area contributed by atoms with E-state index in [4.69, 9.17) is 22.1 Å². The number of hydrogen-bond donors (Lipinski definition) is 2. The molecule has 0 fully saturated rings. The minimum atomic E-state index is -0.933. The van der Waals surface area contributed by atoms with E-state index in [1.165, 1.54) is 13.1 Å². The van der Waals surface area contributed by atoms with Crippen LogP contribution in [0.25, 0.3) is 0 Å². The van der Waals surface area contributed by atoms with Gasteiger partial charge >= 0.3 is 6.03 Å². The van der Waals surface area contributed by atoms with Gasteiger partial charge in [-0.1, -0.05) is 11.6 Å². The van der Waals surface area contributed by atoms with Crippen molar-refractivity contribution in [2.75, 3.05) is 0 Å². The van der Waals surface area contributed by atoms with E-state index in [2.05, 4.69) is 4.98 Å². The molecule has 1 atom stereocenters. The Labute approximate surface area is 96.7 Å². The minimum Gasteiger partial charge on any atom is -0.478 e. The topological polar surface area (TPSA) is 94.3 Å². The van der Waals surface area contributed by atoms with E-state index < -0.39 is 18.0 Å². The van der Waals surface area contributed by atoms with Crippen LogP contribution in [0.3, 0.4) is 0 Å². The average molecular weight is 244 g/mol. The Balaban J connectivity index is 2.64. The molecule has 0 spiro atoms. The number of pyridine rings is 1. The van der Waals surface area contributed by atoms with E-state index >= 15 is 0 Å². The number of urea groups is 1. The predicted octanol–water partition coefficient (Wildman–Crippen LogP) is 0.697. The molecule has 1 aromatic heterocycles. The molecule has 0 aliphatic heterocycles. The molecular weight excluding hydrogens is 234 g/mol. The van der Waals surface area contributed by atoms with Gasteiger partial charge in [-0.3, -0.25) is 10.1 Å². The molecule has 0 aliphatic carbocycles. The molecule has 0 aromatic carbocycles. The van der Waals surface area contributed by atoms with Crippen LogP contribution >= 0.6 is 11.6 Å². The highest BCUT2D eigenvalue weighted by Crippen LogP contribution is 2.21. The summed E-state index contributed by atoms with van der Waals surface area (Å²) in [5, 5.41) is 2.03. The lowest BCUT2D eigenvalue weighted by Crippen LogP contribution is -2.42. The van der Waals surface area contributed by atoms with Gasteiger partial charge in [-0.05, 0) is 19.1 Å². The Hall–Kier alpha value is -1.82. The standard InChI is InChI=1S/C9H10ClN3O3/c1-5(8(14)13-9(11)15)16-6-3-2-4-12-7(6)10/h2-5H,1H3,(H3,11,13,14,15). The van der Waals surface area contributed by atoms with Crippen LogP contribution in [-0.2, 0) is 4.79 Å². The van der Waals surface area contributed by atoms with E-state index in [1.54, 1.807) is 12.1 Å². The molecule has 0 aliphatic rings. The highest BCUT2D eigenvalue weighted by Gasteiger charge is 2.17. The zero-order chi connectivity index (χ0) is 12.1. The number of primary amides is 1. The third-order valence-corrected chi connectivity index (χ3v) is 1.93. The highest BCUT2D eigenvalue weighted by molar-refractivity contribution is 6.30. The maximum atomic E-state index is 11.3. The van der Waals surface area contributed by atoms with Crippen LogP contribution in [0.1, 0.15) is 6.92 Å². The second-order valence-corrected chi connectivity index (χ2v) is 3.26. The lowest BCUT2D eigenvalue weighted by molar-refractivity contribution is -0.126. The van der Waals surface area contributed by atoms with Gasteiger partial charge in [0, 0.05) is 6.20 Å². The Morgan fingerprint density at radius 3 is 2.88 bits per heavy atom. The number of amides is 3. The van der Waals surface area contributed by atoms with Crippen LogP contribution in [-0.4, -0.2) is 23.0 Å². The average Bonchev–Trinajstić information content (AvgIpc) is 2.20. The van der Waals surface area contributed by atoms with Gasteiger partial charge in [0.15, 0.2) is 17.0 Å². The summed E-state index contributed by atoms with van der Waals surface area (Å²) in [7, 11) is 0. The number of imide groups is 1. The molecular formula is C9H10ClN3O3. The van der Waals surface area contributed by atoms with E-state index in [1.807, 2.05) is 5.32 Å². The first-order valence-electron chi connectivity index (χ1n) is 4.38. The molecule has 1 rings (SSSR count). The molecule has 16 heavy (non-hydrogen) atoms. The van der Waals surface area contributed by atoms with Crippen LogP contribution in [0.2, 0.25) is 5.15 Å². The number of carbonyl (C=O) groups excluding carboxylic acids is 2. The SMILES string of the molecule is CC(Oc1cccnc1Cl)C(=O)NC(N)=O. The minimum absolute atomic E-state index is 0.140. The zero-order valence-corrected chi connectivity index (χ0v) is 9.19. The number of halogens is 1. The van der Waals surface area contributed by atoms with Gasteiger partial charge in [-0.15, -0.1) is 0 Å². The molecule has 0 saturated heterocycles. The van der Waals surface area contributed by atoms with E-state index in [-0.39, 0.29) is 10.9 Å². The highest BCUT2D eigenvalue weighted by atomic mass is 35.5. The Kier molecular flexibility index (Phi) is 4.07. The first kappa shape index (κ1) is 12.3. The number of hydrogen-bond acceptors (Lipinski definition) is 4. The van der Waals surface area contributed by atoms with Gasteiger partial charge in [0.05, 0.1) is 0 Å². The van der Waals surface area contributed by atoms with E-state index in [0.717, 1.165) is 0 Å². The van der Waals surface area contributed by atoms with Gasteiger partial charge in [0.2, 0.25) is 0 Å². The molecule has 1 unspecified atom stereocenters. The van der Waals surface area contributed by atoms with Crippen molar-refractivity contribution in [2.24, 2.45) is 5.73 Å². The van der Waals surface area contributed by atoms with Crippen LogP contribution < -0.4 is 15.8 Å².